The lowest BCUT2D eigenvalue weighted by atomic mass is 10.0. The van der Waals surface area contributed by atoms with Gasteiger partial charge in [0.25, 0.3) is 0 Å². The number of nitrogens with one attached hydrogen (secondary N) is 1. The SMILES string of the molecule is Cc1ccc(CNC(=O)[C@@H]2CCCN2C(C)(C)C)o1. The topological polar surface area (TPSA) is 45.5 Å². The van der Waals surface area contributed by atoms with Crippen molar-refractivity contribution in [2.75, 3.05) is 6.54 Å². The molecule has 19 heavy (non-hydrogen) atoms. The fourth-order valence-corrected chi connectivity index (χ4v) is 2.71. The Morgan fingerprint density at radius 2 is 2.21 bits per heavy atom. The first kappa shape index (κ1) is 14.1. The van der Waals surface area contributed by atoms with Gasteiger partial charge in [-0.15, -0.1) is 0 Å². The average Bonchev–Trinajstić information content (AvgIpc) is 2.93. The standard InChI is InChI=1S/C15H24N2O2/c1-11-7-8-12(19-11)10-16-14(18)13-6-5-9-17(13)15(2,3)4/h7-8,13H,5-6,9-10H2,1-4H3,(H,16,18)/t13-/m0/s1. The predicted molar refractivity (Wildman–Crippen MR) is 74.8 cm³/mol. The summed E-state index contributed by atoms with van der Waals surface area (Å²) >= 11 is 0. The normalized spacial score (nSPS) is 20.7. The van der Waals surface area contributed by atoms with Crippen LogP contribution in [-0.2, 0) is 11.3 Å². The summed E-state index contributed by atoms with van der Waals surface area (Å²) in [5.74, 6) is 1.80. The molecule has 0 radical (unpaired) electrons. The van der Waals surface area contributed by atoms with E-state index in [9.17, 15) is 4.79 Å². The molecule has 0 unspecified atom stereocenters. The Kier molecular flexibility index (Phi) is 3.99. The first-order chi connectivity index (χ1) is 8.88. The van der Waals surface area contributed by atoms with Crippen molar-refractivity contribution in [2.45, 2.75) is 58.7 Å². The molecule has 1 amide bonds. The van der Waals surface area contributed by atoms with Gasteiger partial charge in [0.2, 0.25) is 5.91 Å². The maximum Gasteiger partial charge on any atom is 0.237 e. The largest absolute Gasteiger partial charge is 0.465 e. The number of likely N-dealkylation sites (tertiary alicyclic amines) is 1. The van der Waals surface area contributed by atoms with Crippen molar-refractivity contribution in [3.63, 3.8) is 0 Å². The van der Waals surface area contributed by atoms with E-state index in [2.05, 4.69) is 31.0 Å². The van der Waals surface area contributed by atoms with Crippen molar-refractivity contribution < 1.29 is 9.21 Å². The molecule has 106 valence electrons. The molecule has 1 aliphatic heterocycles. The van der Waals surface area contributed by atoms with E-state index in [0.717, 1.165) is 30.9 Å². The molecule has 1 aliphatic rings. The summed E-state index contributed by atoms with van der Waals surface area (Å²) in [6.45, 7) is 9.86. The fraction of sp³-hybridized carbons (Fsp3) is 0.667. The highest BCUT2D eigenvalue weighted by Gasteiger charge is 2.36. The summed E-state index contributed by atoms with van der Waals surface area (Å²) in [7, 11) is 0. The number of rotatable bonds is 3. The summed E-state index contributed by atoms with van der Waals surface area (Å²) in [6, 6.07) is 3.82. The van der Waals surface area contributed by atoms with Crippen LogP contribution in [0.5, 0.6) is 0 Å². The summed E-state index contributed by atoms with van der Waals surface area (Å²) in [5.41, 5.74) is 0.0414. The molecule has 1 N–H and O–H groups in total. The van der Waals surface area contributed by atoms with Crippen molar-refractivity contribution >= 4 is 5.91 Å². The second-order valence-corrected chi connectivity index (χ2v) is 6.25. The Morgan fingerprint density at radius 1 is 1.47 bits per heavy atom. The molecule has 1 fully saturated rings. The third-order valence-electron chi connectivity index (χ3n) is 3.65. The Bertz CT molecular complexity index is 445. The van der Waals surface area contributed by atoms with Gasteiger partial charge in [-0.1, -0.05) is 0 Å². The fourth-order valence-electron chi connectivity index (χ4n) is 2.71. The molecule has 4 nitrogen and oxygen atoms in total. The first-order valence-corrected chi connectivity index (χ1v) is 6.98. The van der Waals surface area contributed by atoms with E-state index in [1.165, 1.54) is 0 Å². The van der Waals surface area contributed by atoms with Crippen LogP contribution < -0.4 is 5.32 Å². The Balaban J connectivity index is 1.92. The number of carbonyl (C=O) groups excluding carboxylic acids is 1. The van der Waals surface area contributed by atoms with E-state index >= 15 is 0 Å². The molecule has 0 bridgehead atoms. The van der Waals surface area contributed by atoms with Gasteiger partial charge < -0.3 is 9.73 Å². The van der Waals surface area contributed by atoms with Gasteiger partial charge in [0, 0.05) is 5.54 Å². The number of hydrogen-bond donors (Lipinski definition) is 1. The molecule has 1 atom stereocenters. The van der Waals surface area contributed by atoms with Crippen molar-refractivity contribution in [3.8, 4) is 0 Å². The zero-order valence-electron chi connectivity index (χ0n) is 12.3. The lowest BCUT2D eigenvalue weighted by Crippen LogP contribution is -2.51. The Hall–Kier alpha value is -1.29. The average molecular weight is 264 g/mol. The van der Waals surface area contributed by atoms with Gasteiger partial charge in [0.05, 0.1) is 12.6 Å². The molecule has 2 heterocycles. The third-order valence-corrected chi connectivity index (χ3v) is 3.65. The van der Waals surface area contributed by atoms with Crippen LogP contribution in [0.2, 0.25) is 0 Å². The molecule has 1 saturated heterocycles. The Morgan fingerprint density at radius 3 is 2.79 bits per heavy atom. The summed E-state index contributed by atoms with van der Waals surface area (Å²) in [4.78, 5) is 14.6. The number of carbonyl (C=O) groups is 1. The van der Waals surface area contributed by atoms with Gasteiger partial charge in [0.15, 0.2) is 0 Å². The van der Waals surface area contributed by atoms with Crippen LogP contribution in [-0.4, -0.2) is 28.9 Å². The van der Waals surface area contributed by atoms with Crippen molar-refractivity contribution in [1.82, 2.24) is 10.2 Å². The van der Waals surface area contributed by atoms with Gasteiger partial charge in [0.1, 0.15) is 11.5 Å². The lowest BCUT2D eigenvalue weighted by molar-refractivity contribution is -0.127. The smallest absolute Gasteiger partial charge is 0.237 e. The van der Waals surface area contributed by atoms with Crippen LogP contribution in [0.1, 0.15) is 45.1 Å². The first-order valence-electron chi connectivity index (χ1n) is 6.98. The highest BCUT2D eigenvalue weighted by Crippen LogP contribution is 2.26. The van der Waals surface area contributed by atoms with Crippen molar-refractivity contribution in [2.24, 2.45) is 0 Å². The van der Waals surface area contributed by atoms with E-state index in [0.29, 0.717) is 6.54 Å². The second-order valence-electron chi connectivity index (χ2n) is 6.25. The van der Waals surface area contributed by atoms with E-state index in [-0.39, 0.29) is 17.5 Å². The van der Waals surface area contributed by atoms with Crippen LogP contribution in [0.25, 0.3) is 0 Å². The maximum atomic E-state index is 12.3. The second kappa shape index (κ2) is 5.37. The molecule has 0 saturated carbocycles. The highest BCUT2D eigenvalue weighted by molar-refractivity contribution is 5.82. The lowest BCUT2D eigenvalue weighted by Gasteiger charge is -2.36. The Labute approximate surface area is 115 Å². The van der Waals surface area contributed by atoms with Crippen molar-refractivity contribution in [1.29, 1.82) is 0 Å². The molecule has 4 heteroatoms. The van der Waals surface area contributed by atoms with Gasteiger partial charge in [-0.05, 0) is 59.2 Å². The minimum absolute atomic E-state index is 0.00365. The van der Waals surface area contributed by atoms with E-state index in [4.69, 9.17) is 4.42 Å². The molecule has 0 aliphatic carbocycles. The zero-order chi connectivity index (χ0) is 14.0. The molecular formula is C15H24N2O2. The quantitative estimate of drug-likeness (QED) is 0.912. The van der Waals surface area contributed by atoms with Crippen LogP contribution >= 0.6 is 0 Å². The van der Waals surface area contributed by atoms with Gasteiger partial charge >= 0.3 is 0 Å². The highest BCUT2D eigenvalue weighted by atomic mass is 16.3. The summed E-state index contributed by atoms with van der Waals surface area (Å²) in [6.07, 6.45) is 2.04. The molecule has 1 aromatic heterocycles. The van der Waals surface area contributed by atoms with Crippen LogP contribution in [0.3, 0.4) is 0 Å². The van der Waals surface area contributed by atoms with Gasteiger partial charge in [-0.25, -0.2) is 0 Å². The number of furan rings is 1. The molecule has 0 spiro atoms. The number of hydrogen-bond acceptors (Lipinski definition) is 3. The van der Waals surface area contributed by atoms with E-state index in [1.54, 1.807) is 0 Å². The van der Waals surface area contributed by atoms with Crippen LogP contribution in [0.4, 0.5) is 0 Å². The molecule has 1 aromatic rings. The number of nitrogens with zero attached hydrogens (tertiary/aromatic N) is 1. The summed E-state index contributed by atoms with van der Waals surface area (Å²) in [5, 5.41) is 2.98. The minimum Gasteiger partial charge on any atom is -0.465 e. The van der Waals surface area contributed by atoms with Crippen molar-refractivity contribution in [3.05, 3.63) is 23.7 Å². The van der Waals surface area contributed by atoms with Crippen LogP contribution in [0.15, 0.2) is 16.5 Å². The molecule has 0 aromatic carbocycles. The van der Waals surface area contributed by atoms with E-state index in [1.807, 2.05) is 19.1 Å². The van der Waals surface area contributed by atoms with E-state index < -0.39 is 0 Å². The monoisotopic (exact) mass is 264 g/mol. The molecule has 2 rings (SSSR count). The predicted octanol–water partition coefficient (Wildman–Crippen LogP) is 2.47. The van der Waals surface area contributed by atoms with Crippen LogP contribution in [0, 0.1) is 6.92 Å². The zero-order valence-corrected chi connectivity index (χ0v) is 12.3. The third kappa shape index (κ3) is 3.38. The van der Waals surface area contributed by atoms with Gasteiger partial charge in [-0.3, -0.25) is 9.69 Å². The molecular weight excluding hydrogens is 240 g/mol. The number of amides is 1. The number of aryl methyl sites for hydroxylation is 1. The maximum absolute atomic E-state index is 12.3. The minimum atomic E-state index is -0.00365. The summed E-state index contributed by atoms with van der Waals surface area (Å²) < 4.78 is 5.46. The van der Waals surface area contributed by atoms with Gasteiger partial charge in [-0.2, -0.15) is 0 Å².